The summed E-state index contributed by atoms with van der Waals surface area (Å²) in [6, 6.07) is 21.8. The Bertz CT molecular complexity index is 1210. The summed E-state index contributed by atoms with van der Waals surface area (Å²) < 4.78 is 38.6. The van der Waals surface area contributed by atoms with E-state index in [1.54, 1.807) is 40.9 Å². The summed E-state index contributed by atoms with van der Waals surface area (Å²) in [5.74, 6) is 0. The Hall–Kier alpha value is -2.99. The first-order chi connectivity index (χ1) is 13.0. The lowest BCUT2D eigenvalue weighted by atomic mass is 10.00. The minimum Gasteiger partial charge on any atom is -0.244 e. The SMILES string of the molecule is CS(=O)(=O)c1ccc(-c2c(-c3ccccc3)nn3c(CF)cccc23)cc1. The number of fused-ring (bicyclic) bond motifs is 1. The lowest BCUT2D eigenvalue weighted by Gasteiger charge is -2.06. The summed E-state index contributed by atoms with van der Waals surface area (Å²) in [7, 11) is -3.27. The number of pyridine rings is 1. The van der Waals surface area contributed by atoms with Crippen LogP contribution in [0.25, 0.3) is 27.9 Å². The van der Waals surface area contributed by atoms with E-state index in [1.165, 1.54) is 6.26 Å². The van der Waals surface area contributed by atoms with Gasteiger partial charge in [0.2, 0.25) is 0 Å². The first-order valence-corrected chi connectivity index (χ1v) is 10.3. The highest BCUT2D eigenvalue weighted by Crippen LogP contribution is 2.36. The molecule has 2 aromatic heterocycles. The molecular formula is C21H17FN2O2S. The van der Waals surface area contributed by atoms with Gasteiger partial charge in [0, 0.05) is 17.4 Å². The largest absolute Gasteiger partial charge is 0.244 e. The molecule has 0 aliphatic heterocycles. The van der Waals surface area contributed by atoms with Crippen LogP contribution in [0.4, 0.5) is 4.39 Å². The molecule has 0 N–H and O–H groups in total. The Kier molecular flexibility index (Phi) is 4.28. The smallest absolute Gasteiger partial charge is 0.175 e. The number of aromatic nitrogens is 2. The number of alkyl halides is 1. The van der Waals surface area contributed by atoms with Crippen molar-refractivity contribution in [1.29, 1.82) is 0 Å². The lowest BCUT2D eigenvalue weighted by molar-refractivity contribution is 0.468. The van der Waals surface area contributed by atoms with Gasteiger partial charge in [0.25, 0.3) is 0 Å². The molecule has 2 aromatic carbocycles. The molecule has 0 saturated carbocycles. The van der Waals surface area contributed by atoms with Crippen molar-refractivity contribution in [2.75, 3.05) is 6.26 Å². The maximum atomic E-state index is 13.5. The fourth-order valence-electron chi connectivity index (χ4n) is 3.18. The monoisotopic (exact) mass is 380 g/mol. The summed E-state index contributed by atoms with van der Waals surface area (Å²) in [5, 5.41) is 4.66. The van der Waals surface area contributed by atoms with Gasteiger partial charge in [-0.3, -0.25) is 0 Å². The molecule has 0 radical (unpaired) electrons. The molecule has 0 atom stereocenters. The predicted octanol–water partition coefficient (Wildman–Crippen LogP) is 4.54. The Balaban J connectivity index is 2.01. The van der Waals surface area contributed by atoms with Crippen LogP contribution in [0.3, 0.4) is 0 Å². The molecule has 6 heteroatoms. The van der Waals surface area contributed by atoms with Gasteiger partial charge in [-0.05, 0) is 29.8 Å². The quantitative estimate of drug-likeness (QED) is 0.522. The lowest BCUT2D eigenvalue weighted by Crippen LogP contribution is -1.96. The highest BCUT2D eigenvalue weighted by molar-refractivity contribution is 7.90. The highest BCUT2D eigenvalue weighted by atomic mass is 32.2. The summed E-state index contributed by atoms with van der Waals surface area (Å²) in [4.78, 5) is 0.258. The molecule has 4 rings (SSSR count). The zero-order valence-electron chi connectivity index (χ0n) is 14.6. The van der Waals surface area contributed by atoms with Gasteiger partial charge in [0.05, 0.1) is 16.1 Å². The molecule has 0 amide bonds. The number of hydrogen-bond acceptors (Lipinski definition) is 3. The molecule has 0 bridgehead atoms. The average molecular weight is 380 g/mol. The number of benzene rings is 2. The van der Waals surface area contributed by atoms with Gasteiger partial charge < -0.3 is 0 Å². The van der Waals surface area contributed by atoms with Crippen LogP contribution in [0, 0.1) is 0 Å². The summed E-state index contributed by atoms with van der Waals surface area (Å²) in [6.45, 7) is -0.625. The van der Waals surface area contributed by atoms with Gasteiger partial charge in [-0.25, -0.2) is 17.3 Å². The molecule has 0 aliphatic carbocycles. The third-order valence-electron chi connectivity index (χ3n) is 4.49. The van der Waals surface area contributed by atoms with Crippen LogP contribution in [-0.2, 0) is 16.5 Å². The van der Waals surface area contributed by atoms with Gasteiger partial charge >= 0.3 is 0 Å². The molecule has 4 nitrogen and oxygen atoms in total. The molecule has 0 fully saturated rings. The van der Waals surface area contributed by atoms with E-state index in [-0.39, 0.29) is 4.90 Å². The molecule has 2 heterocycles. The first-order valence-electron chi connectivity index (χ1n) is 8.41. The number of rotatable bonds is 4. The topological polar surface area (TPSA) is 51.4 Å². The standard InChI is InChI=1S/C21H17FN2O2S/c1-27(25,26)18-12-10-15(11-13-18)20-19-9-5-8-17(14-22)24(19)23-21(20)16-6-3-2-4-7-16/h2-13H,14H2,1H3. The van der Waals surface area contributed by atoms with Crippen molar-refractivity contribution in [3.63, 3.8) is 0 Å². The molecule has 0 aliphatic rings. The first kappa shape index (κ1) is 17.4. The molecule has 27 heavy (non-hydrogen) atoms. The van der Waals surface area contributed by atoms with Gasteiger partial charge in [-0.15, -0.1) is 0 Å². The number of sulfone groups is 1. The highest BCUT2D eigenvalue weighted by Gasteiger charge is 2.18. The van der Waals surface area contributed by atoms with E-state index in [0.29, 0.717) is 5.69 Å². The van der Waals surface area contributed by atoms with Gasteiger partial charge in [0.15, 0.2) is 9.84 Å². The normalized spacial score (nSPS) is 11.8. The Labute approximate surface area is 156 Å². The van der Waals surface area contributed by atoms with Crippen LogP contribution in [-0.4, -0.2) is 24.3 Å². The van der Waals surface area contributed by atoms with E-state index in [2.05, 4.69) is 5.10 Å². The van der Waals surface area contributed by atoms with Crippen molar-refractivity contribution in [2.24, 2.45) is 0 Å². The molecule has 136 valence electrons. The van der Waals surface area contributed by atoms with Crippen LogP contribution in [0.2, 0.25) is 0 Å². The molecule has 0 saturated heterocycles. The fourth-order valence-corrected chi connectivity index (χ4v) is 3.81. The average Bonchev–Trinajstić information content (AvgIpc) is 3.07. The van der Waals surface area contributed by atoms with E-state index in [9.17, 15) is 12.8 Å². The van der Waals surface area contributed by atoms with Crippen molar-refractivity contribution in [2.45, 2.75) is 11.6 Å². The van der Waals surface area contributed by atoms with Gasteiger partial charge in [-0.1, -0.05) is 48.5 Å². The zero-order valence-corrected chi connectivity index (χ0v) is 15.4. The van der Waals surface area contributed by atoms with Crippen molar-refractivity contribution < 1.29 is 12.8 Å². The van der Waals surface area contributed by atoms with Crippen LogP contribution >= 0.6 is 0 Å². The number of nitrogens with zero attached hydrogens (tertiary/aromatic N) is 2. The van der Waals surface area contributed by atoms with E-state index in [4.69, 9.17) is 0 Å². The third kappa shape index (κ3) is 3.13. The fraction of sp³-hybridized carbons (Fsp3) is 0.0952. The van der Waals surface area contributed by atoms with Crippen molar-refractivity contribution >= 4 is 15.4 Å². The molecule has 0 spiro atoms. The van der Waals surface area contributed by atoms with Crippen molar-refractivity contribution in [3.8, 4) is 22.4 Å². The summed E-state index contributed by atoms with van der Waals surface area (Å²) >= 11 is 0. The number of halogens is 1. The Morgan fingerprint density at radius 3 is 2.22 bits per heavy atom. The minimum absolute atomic E-state index is 0.258. The van der Waals surface area contributed by atoms with Crippen LogP contribution in [0.15, 0.2) is 77.7 Å². The second kappa shape index (κ2) is 6.63. The molecule has 0 unspecified atom stereocenters. The minimum atomic E-state index is -3.27. The van der Waals surface area contributed by atoms with E-state index in [1.807, 2.05) is 36.4 Å². The van der Waals surface area contributed by atoms with E-state index in [0.717, 1.165) is 27.9 Å². The van der Waals surface area contributed by atoms with Crippen LogP contribution < -0.4 is 0 Å². The van der Waals surface area contributed by atoms with Crippen LogP contribution in [0.1, 0.15) is 5.69 Å². The maximum absolute atomic E-state index is 13.5. The van der Waals surface area contributed by atoms with Gasteiger partial charge in [0.1, 0.15) is 12.4 Å². The zero-order chi connectivity index (χ0) is 19.0. The van der Waals surface area contributed by atoms with E-state index >= 15 is 0 Å². The van der Waals surface area contributed by atoms with Crippen molar-refractivity contribution in [3.05, 3.63) is 78.5 Å². The molecule has 4 aromatic rings. The van der Waals surface area contributed by atoms with Crippen LogP contribution in [0.5, 0.6) is 0 Å². The number of hydrogen-bond donors (Lipinski definition) is 0. The third-order valence-corrected chi connectivity index (χ3v) is 5.62. The summed E-state index contributed by atoms with van der Waals surface area (Å²) in [5.41, 5.74) is 4.54. The second-order valence-corrected chi connectivity index (χ2v) is 8.35. The van der Waals surface area contributed by atoms with Crippen molar-refractivity contribution in [1.82, 2.24) is 9.61 Å². The maximum Gasteiger partial charge on any atom is 0.175 e. The second-order valence-electron chi connectivity index (χ2n) is 6.33. The Morgan fingerprint density at radius 2 is 1.59 bits per heavy atom. The predicted molar refractivity (Wildman–Crippen MR) is 104 cm³/mol. The Morgan fingerprint density at radius 1 is 0.889 bits per heavy atom. The van der Waals surface area contributed by atoms with E-state index < -0.39 is 16.5 Å². The summed E-state index contributed by atoms with van der Waals surface area (Å²) in [6.07, 6.45) is 1.18. The molecular weight excluding hydrogens is 363 g/mol. The van der Waals surface area contributed by atoms with Gasteiger partial charge in [-0.2, -0.15) is 5.10 Å².